The van der Waals surface area contributed by atoms with E-state index >= 15 is 0 Å². The van der Waals surface area contributed by atoms with Crippen molar-refractivity contribution in [3.63, 3.8) is 0 Å². The summed E-state index contributed by atoms with van der Waals surface area (Å²) in [5.74, 6) is 0.231. The number of fused-ring (bicyclic) bond motifs is 1. The van der Waals surface area contributed by atoms with E-state index in [1.807, 2.05) is 48.5 Å². The molecule has 0 amide bonds. The number of nitrogen functional groups attached to an aromatic ring is 1. The molecule has 0 saturated heterocycles. The fraction of sp³-hybridized carbons (Fsp3) is 0.0500. The van der Waals surface area contributed by atoms with Crippen LogP contribution in [0.25, 0.3) is 22.2 Å². The lowest BCUT2D eigenvalue weighted by atomic mass is 10.0. The molecule has 0 bridgehead atoms. The third-order valence-electron chi connectivity index (χ3n) is 4.09. The molecule has 4 rings (SSSR count). The van der Waals surface area contributed by atoms with E-state index in [-0.39, 0.29) is 23.9 Å². The topological polar surface area (TPSA) is 111 Å². The lowest BCUT2D eigenvalue weighted by molar-refractivity contribution is 0.293. The molecule has 0 aliphatic carbocycles. The SMILES string of the molecule is N#Cc1c(N)ncnc1OCc1cnc2ccccc2c1-c1ccccn1. The van der Waals surface area contributed by atoms with Gasteiger partial charge in [0.1, 0.15) is 24.8 Å². The van der Waals surface area contributed by atoms with Crippen molar-refractivity contribution in [1.29, 1.82) is 5.26 Å². The number of anilines is 1. The highest BCUT2D eigenvalue weighted by molar-refractivity contribution is 5.94. The molecule has 2 N–H and O–H groups in total. The number of nitrogens with two attached hydrogens (primary N) is 1. The number of pyridine rings is 2. The monoisotopic (exact) mass is 354 g/mol. The minimum atomic E-state index is 0.0871. The standard InChI is InChI=1S/C20H14N6O/c21-9-15-19(22)25-12-26-20(15)27-11-13-10-24-16-6-2-1-5-14(16)18(13)17-7-3-4-8-23-17/h1-8,10,12H,11H2,(H2,22,25,26). The molecule has 4 aromatic rings. The van der Waals surface area contributed by atoms with Crippen molar-refractivity contribution < 1.29 is 4.74 Å². The first-order chi connectivity index (χ1) is 13.3. The highest BCUT2D eigenvalue weighted by atomic mass is 16.5. The van der Waals surface area contributed by atoms with Crippen molar-refractivity contribution in [2.24, 2.45) is 0 Å². The summed E-state index contributed by atoms with van der Waals surface area (Å²) in [6.07, 6.45) is 4.76. The summed E-state index contributed by atoms with van der Waals surface area (Å²) in [6.45, 7) is 0.162. The van der Waals surface area contributed by atoms with E-state index in [2.05, 4.69) is 19.9 Å². The maximum absolute atomic E-state index is 9.26. The average Bonchev–Trinajstić information content (AvgIpc) is 2.72. The largest absolute Gasteiger partial charge is 0.472 e. The summed E-state index contributed by atoms with van der Waals surface area (Å²) in [5, 5.41) is 10.2. The highest BCUT2D eigenvalue weighted by Gasteiger charge is 2.15. The Bertz CT molecular complexity index is 1150. The van der Waals surface area contributed by atoms with Crippen LogP contribution in [0.3, 0.4) is 0 Å². The molecule has 1 aromatic carbocycles. The van der Waals surface area contributed by atoms with Crippen molar-refractivity contribution in [3.05, 3.63) is 72.3 Å². The minimum absolute atomic E-state index is 0.0871. The van der Waals surface area contributed by atoms with E-state index in [0.29, 0.717) is 0 Å². The number of hydrogen-bond donors (Lipinski definition) is 1. The smallest absolute Gasteiger partial charge is 0.237 e. The van der Waals surface area contributed by atoms with Gasteiger partial charge in [0.05, 0.1) is 11.2 Å². The predicted octanol–water partition coefficient (Wildman–Crippen LogP) is 3.12. The van der Waals surface area contributed by atoms with Crippen molar-refractivity contribution >= 4 is 16.7 Å². The van der Waals surface area contributed by atoms with Crippen molar-refractivity contribution in [2.75, 3.05) is 5.73 Å². The first-order valence-electron chi connectivity index (χ1n) is 8.19. The zero-order valence-electron chi connectivity index (χ0n) is 14.2. The number of nitriles is 1. The molecule has 7 heteroatoms. The number of rotatable bonds is 4. The number of benzene rings is 1. The normalized spacial score (nSPS) is 10.5. The lowest BCUT2D eigenvalue weighted by Gasteiger charge is -2.13. The summed E-state index contributed by atoms with van der Waals surface area (Å²) in [5.41, 5.74) is 9.28. The van der Waals surface area contributed by atoms with Gasteiger partial charge in [-0.05, 0) is 18.2 Å². The van der Waals surface area contributed by atoms with Gasteiger partial charge >= 0.3 is 0 Å². The van der Waals surface area contributed by atoms with Crippen LogP contribution in [-0.4, -0.2) is 19.9 Å². The maximum Gasteiger partial charge on any atom is 0.237 e. The minimum Gasteiger partial charge on any atom is -0.472 e. The summed E-state index contributed by atoms with van der Waals surface area (Å²) >= 11 is 0. The second-order valence-corrected chi connectivity index (χ2v) is 5.73. The Morgan fingerprint density at radius 2 is 1.85 bits per heavy atom. The van der Waals surface area contributed by atoms with E-state index in [0.717, 1.165) is 27.7 Å². The summed E-state index contributed by atoms with van der Waals surface area (Å²) < 4.78 is 5.78. The van der Waals surface area contributed by atoms with E-state index in [1.165, 1.54) is 6.33 Å². The van der Waals surface area contributed by atoms with Crippen LogP contribution < -0.4 is 10.5 Å². The number of para-hydroxylation sites is 1. The zero-order valence-corrected chi connectivity index (χ0v) is 14.2. The Morgan fingerprint density at radius 1 is 1.00 bits per heavy atom. The molecule has 0 fully saturated rings. The number of nitrogens with zero attached hydrogens (tertiary/aromatic N) is 5. The molecule has 0 aliphatic heterocycles. The van der Waals surface area contributed by atoms with E-state index in [9.17, 15) is 5.26 Å². The second kappa shape index (κ2) is 7.06. The van der Waals surface area contributed by atoms with E-state index in [4.69, 9.17) is 10.5 Å². The van der Waals surface area contributed by atoms with Gasteiger partial charge in [0.15, 0.2) is 5.56 Å². The van der Waals surface area contributed by atoms with Gasteiger partial charge in [0.2, 0.25) is 5.88 Å². The van der Waals surface area contributed by atoms with Gasteiger partial charge in [-0.25, -0.2) is 9.97 Å². The zero-order chi connectivity index (χ0) is 18.6. The lowest BCUT2D eigenvalue weighted by Crippen LogP contribution is -2.05. The predicted molar refractivity (Wildman–Crippen MR) is 100 cm³/mol. The van der Waals surface area contributed by atoms with Crippen molar-refractivity contribution in [1.82, 2.24) is 19.9 Å². The summed E-state index contributed by atoms with van der Waals surface area (Å²) in [6, 6.07) is 15.6. The summed E-state index contributed by atoms with van der Waals surface area (Å²) in [4.78, 5) is 16.8. The Hall–Kier alpha value is -4.05. The number of ether oxygens (including phenoxy) is 1. The van der Waals surface area contributed by atoms with Crippen LogP contribution >= 0.6 is 0 Å². The van der Waals surface area contributed by atoms with Crippen LogP contribution in [0.2, 0.25) is 0 Å². The molecule has 27 heavy (non-hydrogen) atoms. The number of hydrogen-bond acceptors (Lipinski definition) is 7. The Balaban J connectivity index is 1.79. The van der Waals surface area contributed by atoms with Gasteiger partial charge in [-0.1, -0.05) is 24.3 Å². The maximum atomic E-state index is 9.26. The van der Waals surface area contributed by atoms with Gasteiger partial charge in [0.25, 0.3) is 0 Å². The van der Waals surface area contributed by atoms with Crippen LogP contribution in [0.15, 0.2) is 61.2 Å². The fourth-order valence-corrected chi connectivity index (χ4v) is 2.85. The van der Waals surface area contributed by atoms with Crippen molar-refractivity contribution in [2.45, 2.75) is 6.61 Å². The van der Waals surface area contributed by atoms with Gasteiger partial charge in [-0.3, -0.25) is 9.97 Å². The van der Waals surface area contributed by atoms with Crippen LogP contribution in [0.4, 0.5) is 5.82 Å². The fourth-order valence-electron chi connectivity index (χ4n) is 2.85. The second-order valence-electron chi connectivity index (χ2n) is 5.73. The Kier molecular flexibility index (Phi) is 4.29. The third-order valence-corrected chi connectivity index (χ3v) is 4.09. The summed E-state index contributed by atoms with van der Waals surface area (Å²) in [7, 11) is 0. The van der Waals surface area contributed by atoms with Gasteiger partial charge < -0.3 is 10.5 Å². The highest BCUT2D eigenvalue weighted by Crippen LogP contribution is 2.30. The molecule has 0 spiro atoms. The molecule has 7 nitrogen and oxygen atoms in total. The van der Waals surface area contributed by atoms with Gasteiger partial charge in [-0.15, -0.1) is 0 Å². The van der Waals surface area contributed by atoms with E-state index < -0.39 is 0 Å². The molecular formula is C20H14N6O. The average molecular weight is 354 g/mol. The van der Waals surface area contributed by atoms with Crippen LogP contribution in [0.5, 0.6) is 5.88 Å². The number of aromatic nitrogens is 4. The third kappa shape index (κ3) is 3.12. The van der Waals surface area contributed by atoms with Crippen molar-refractivity contribution in [3.8, 4) is 23.2 Å². The molecule has 0 atom stereocenters. The van der Waals surface area contributed by atoms with E-state index in [1.54, 1.807) is 12.4 Å². The Morgan fingerprint density at radius 3 is 2.67 bits per heavy atom. The molecule has 130 valence electrons. The van der Waals surface area contributed by atoms with Crippen LogP contribution in [-0.2, 0) is 6.61 Å². The Labute approximate surface area is 155 Å². The first kappa shape index (κ1) is 16.4. The molecule has 0 radical (unpaired) electrons. The van der Waals surface area contributed by atoms with Gasteiger partial charge in [0, 0.05) is 28.9 Å². The molecule has 0 aliphatic rings. The first-order valence-corrected chi connectivity index (χ1v) is 8.19. The molecular weight excluding hydrogens is 340 g/mol. The van der Waals surface area contributed by atoms with Gasteiger partial charge in [-0.2, -0.15) is 5.26 Å². The van der Waals surface area contributed by atoms with Crippen LogP contribution in [0, 0.1) is 11.3 Å². The molecule has 0 saturated carbocycles. The molecule has 0 unspecified atom stereocenters. The molecule has 3 heterocycles. The van der Waals surface area contributed by atoms with Crippen LogP contribution in [0.1, 0.15) is 11.1 Å². The molecule has 3 aromatic heterocycles. The quantitative estimate of drug-likeness (QED) is 0.599.